The van der Waals surface area contributed by atoms with E-state index in [9.17, 15) is 0 Å². The van der Waals surface area contributed by atoms with Crippen LogP contribution in [-0.4, -0.2) is 19.7 Å². The number of benzene rings is 1. The predicted molar refractivity (Wildman–Crippen MR) is 99.4 cm³/mol. The van der Waals surface area contributed by atoms with Gasteiger partial charge in [0.1, 0.15) is 0 Å². The molecule has 2 aromatic heterocycles. The maximum absolute atomic E-state index is 4.74. The molecule has 4 rings (SSSR count). The first kappa shape index (κ1) is 15.8. The molecule has 0 aliphatic heterocycles. The summed E-state index contributed by atoms with van der Waals surface area (Å²) in [5.74, 6) is 0.682. The molecule has 0 radical (unpaired) electrons. The lowest BCUT2D eigenvalue weighted by atomic mass is 10.1. The molecule has 1 N–H and O–H groups in total. The third-order valence-electron chi connectivity index (χ3n) is 4.77. The van der Waals surface area contributed by atoms with E-state index < -0.39 is 0 Å². The van der Waals surface area contributed by atoms with Crippen LogP contribution in [-0.2, 0) is 13.0 Å². The number of anilines is 1. The number of fused-ring (bicyclic) bond motifs is 1. The molecule has 1 aliphatic rings. The van der Waals surface area contributed by atoms with Crippen molar-refractivity contribution >= 4 is 5.95 Å². The summed E-state index contributed by atoms with van der Waals surface area (Å²) in [7, 11) is 0. The minimum Gasteiger partial charge on any atom is -0.347 e. The van der Waals surface area contributed by atoms with E-state index in [0.29, 0.717) is 5.95 Å². The summed E-state index contributed by atoms with van der Waals surface area (Å²) in [6.45, 7) is 5.11. The Morgan fingerprint density at radius 3 is 3.00 bits per heavy atom. The molecule has 3 aromatic rings. The number of aryl methyl sites for hydroxylation is 3. The summed E-state index contributed by atoms with van der Waals surface area (Å²) in [5.41, 5.74) is 5.79. The third kappa shape index (κ3) is 3.14. The highest BCUT2D eigenvalue weighted by molar-refractivity contribution is 5.61. The molecule has 1 aliphatic carbocycles. The number of nitrogens with one attached hydrogen (secondary N) is 1. The number of hydrogen-bond donors (Lipinski definition) is 1. The lowest BCUT2D eigenvalue weighted by Crippen LogP contribution is -2.10. The highest BCUT2D eigenvalue weighted by Crippen LogP contribution is 2.33. The Kier molecular flexibility index (Phi) is 4.22. The van der Waals surface area contributed by atoms with Gasteiger partial charge in [-0.1, -0.05) is 31.2 Å². The van der Waals surface area contributed by atoms with Gasteiger partial charge in [-0.15, -0.1) is 0 Å². The standard InChI is InChI=1S/C20H23N5/c1-3-12-25-13-17(14(2)24-25)19-10-11-21-20(23-19)22-18-9-8-15-6-4-5-7-16(15)18/h4-7,10-11,13,18H,3,8-9,12H2,1-2H3,(H,21,22,23)/t18-/m0/s1. The van der Waals surface area contributed by atoms with Gasteiger partial charge in [-0.05, 0) is 43.4 Å². The highest BCUT2D eigenvalue weighted by Gasteiger charge is 2.22. The van der Waals surface area contributed by atoms with Gasteiger partial charge in [-0.25, -0.2) is 9.97 Å². The molecule has 1 atom stereocenters. The summed E-state index contributed by atoms with van der Waals surface area (Å²) < 4.78 is 1.99. The van der Waals surface area contributed by atoms with Crippen molar-refractivity contribution in [1.82, 2.24) is 19.7 Å². The van der Waals surface area contributed by atoms with Crippen molar-refractivity contribution in [3.05, 3.63) is 59.5 Å². The van der Waals surface area contributed by atoms with Crippen molar-refractivity contribution in [2.45, 2.75) is 45.7 Å². The summed E-state index contributed by atoms with van der Waals surface area (Å²) in [6, 6.07) is 10.9. The Labute approximate surface area is 148 Å². The molecule has 0 bridgehead atoms. The van der Waals surface area contributed by atoms with Crippen molar-refractivity contribution in [2.75, 3.05) is 5.32 Å². The van der Waals surface area contributed by atoms with Crippen LogP contribution in [0.25, 0.3) is 11.3 Å². The second kappa shape index (κ2) is 6.67. The first-order chi connectivity index (χ1) is 12.2. The zero-order chi connectivity index (χ0) is 17.2. The Bertz CT molecular complexity index is 883. The van der Waals surface area contributed by atoms with Gasteiger partial charge in [0.15, 0.2) is 0 Å². The van der Waals surface area contributed by atoms with Crippen LogP contribution in [0.4, 0.5) is 5.95 Å². The molecule has 0 spiro atoms. The molecule has 5 heteroatoms. The topological polar surface area (TPSA) is 55.6 Å². The zero-order valence-corrected chi connectivity index (χ0v) is 14.7. The zero-order valence-electron chi connectivity index (χ0n) is 14.7. The fourth-order valence-electron chi connectivity index (χ4n) is 3.55. The van der Waals surface area contributed by atoms with Crippen LogP contribution < -0.4 is 5.32 Å². The second-order valence-electron chi connectivity index (χ2n) is 6.59. The number of aromatic nitrogens is 4. The normalized spacial score (nSPS) is 16.0. The summed E-state index contributed by atoms with van der Waals surface area (Å²) >= 11 is 0. The van der Waals surface area contributed by atoms with Gasteiger partial charge in [0.2, 0.25) is 5.95 Å². The van der Waals surface area contributed by atoms with Gasteiger partial charge in [0, 0.05) is 24.5 Å². The van der Waals surface area contributed by atoms with E-state index in [-0.39, 0.29) is 6.04 Å². The van der Waals surface area contributed by atoms with Crippen molar-refractivity contribution in [3.63, 3.8) is 0 Å². The van der Waals surface area contributed by atoms with Gasteiger partial charge in [0.05, 0.1) is 17.4 Å². The summed E-state index contributed by atoms with van der Waals surface area (Å²) in [6.07, 6.45) is 7.16. The van der Waals surface area contributed by atoms with E-state index in [1.807, 2.05) is 23.9 Å². The molecule has 0 saturated heterocycles. The number of rotatable bonds is 5. The predicted octanol–water partition coefficient (Wildman–Crippen LogP) is 4.16. The maximum Gasteiger partial charge on any atom is 0.223 e. The van der Waals surface area contributed by atoms with E-state index in [2.05, 4.69) is 52.8 Å². The van der Waals surface area contributed by atoms with Crippen LogP contribution in [0.2, 0.25) is 0 Å². The Balaban J connectivity index is 1.58. The van der Waals surface area contributed by atoms with Gasteiger partial charge in [-0.3, -0.25) is 4.68 Å². The van der Waals surface area contributed by atoms with E-state index in [1.165, 1.54) is 11.1 Å². The second-order valence-corrected chi connectivity index (χ2v) is 6.59. The lowest BCUT2D eigenvalue weighted by Gasteiger charge is -2.14. The van der Waals surface area contributed by atoms with Gasteiger partial charge >= 0.3 is 0 Å². The fourth-order valence-corrected chi connectivity index (χ4v) is 3.55. The van der Waals surface area contributed by atoms with E-state index in [0.717, 1.165) is 42.8 Å². The molecule has 25 heavy (non-hydrogen) atoms. The van der Waals surface area contributed by atoms with Crippen molar-refractivity contribution in [3.8, 4) is 11.3 Å². The molecule has 1 aromatic carbocycles. The number of hydrogen-bond acceptors (Lipinski definition) is 4. The van der Waals surface area contributed by atoms with Gasteiger partial charge in [-0.2, -0.15) is 5.10 Å². The average molecular weight is 333 g/mol. The largest absolute Gasteiger partial charge is 0.347 e. The van der Waals surface area contributed by atoms with Crippen LogP contribution in [0.5, 0.6) is 0 Å². The SMILES string of the molecule is CCCn1cc(-c2ccnc(N[C@H]3CCc4ccccc43)n2)c(C)n1. The minimum atomic E-state index is 0.287. The molecule has 0 fully saturated rings. The molecule has 128 valence electrons. The highest BCUT2D eigenvalue weighted by atomic mass is 15.3. The number of nitrogens with zero attached hydrogens (tertiary/aromatic N) is 4. The van der Waals surface area contributed by atoms with Gasteiger partial charge < -0.3 is 5.32 Å². The Hall–Kier alpha value is -2.69. The lowest BCUT2D eigenvalue weighted by molar-refractivity contribution is 0.598. The third-order valence-corrected chi connectivity index (χ3v) is 4.77. The smallest absolute Gasteiger partial charge is 0.223 e. The van der Waals surface area contributed by atoms with Crippen molar-refractivity contribution in [2.24, 2.45) is 0 Å². The quantitative estimate of drug-likeness (QED) is 0.762. The molecule has 5 nitrogen and oxygen atoms in total. The Morgan fingerprint density at radius 2 is 2.12 bits per heavy atom. The molecule has 0 unspecified atom stereocenters. The molecule has 2 heterocycles. The van der Waals surface area contributed by atoms with Crippen LogP contribution in [0.1, 0.15) is 42.6 Å². The van der Waals surface area contributed by atoms with E-state index in [4.69, 9.17) is 4.98 Å². The van der Waals surface area contributed by atoms with E-state index in [1.54, 1.807) is 0 Å². The average Bonchev–Trinajstić information content (AvgIpc) is 3.19. The molecular weight excluding hydrogens is 310 g/mol. The monoisotopic (exact) mass is 333 g/mol. The summed E-state index contributed by atoms with van der Waals surface area (Å²) in [5, 5.41) is 8.08. The van der Waals surface area contributed by atoms with Crippen LogP contribution in [0.15, 0.2) is 42.7 Å². The fraction of sp³-hybridized carbons (Fsp3) is 0.350. The van der Waals surface area contributed by atoms with Crippen molar-refractivity contribution in [1.29, 1.82) is 0 Å². The molecular formula is C20H23N5. The molecule has 0 amide bonds. The van der Waals surface area contributed by atoms with E-state index >= 15 is 0 Å². The maximum atomic E-state index is 4.74. The van der Waals surface area contributed by atoms with Crippen LogP contribution >= 0.6 is 0 Å². The first-order valence-corrected chi connectivity index (χ1v) is 8.96. The van der Waals surface area contributed by atoms with Gasteiger partial charge in [0.25, 0.3) is 0 Å². The van der Waals surface area contributed by atoms with Crippen LogP contribution in [0.3, 0.4) is 0 Å². The minimum absolute atomic E-state index is 0.287. The van der Waals surface area contributed by atoms with Crippen LogP contribution in [0, 0.1) is 6.92 Å². The van der Waals surface area contributed by atoms with Crippen molar-refractivity contribution < 1.29 is 0 Å². The first-order valence-electron chi connectivity index (χ1n) is 8.96. The Morgan fingerprint density at radius 1 is 1.24 bits per heavy atom. The molecule has 0 saturated carbocycles. The summed E-state index contributed by atoms with van der Waals surface area (Å²) in [4.78, 5) is 9.16.